The van der Waals surface area contributed by atoms with Gasteiger partial charge in [0.15, 0.2) is 0 Å². The number of rotatable bonds is 4. The molecule has 0 radical (unpaired) electrons. The largest absolute Gasteiger partial charge is 0.325 e. The summed E-state index contributed by atoms with van der Waals surface area (Å²) in [5.74, 6) is 0.370. The second-order valence-electron chi connectivity index (χ2n) is 4.56. The average molecular weight is 246 g/mol. The first-order valence-electron chi connectivity index (χ1n) is 6.36. The third kappa shape index (κ3) is 3.09. The van der Waals surface area contributed by atoms with E-state index in [9.17, 15) is 9.59 Å². The van der Waals surface area contributed by atoms with Crippen molar-refractivity contribution in [3.05, 3.63) is 40.8 Å². The van der Waals surface area contributed by atoms with Crippen LogP contribution in [0.15, 0.2) is 35.3 Å². The van der Waals surface area contributed by atoms with Crippen molar-refractivity contribution in [2.75, 3.05) is 5.32 Å². The summed E-state index contributed by atoms with van der Waals surface area (Å²) >= 11 is 0. The molecule has 1 aliphatic carbocycles. The molecule has 0 unspecified atom stereocenters. The van der Waals surface area contributed by atoms with Crippen LogP contribution in [0, 0.1) is 5.92 Å². The molecule has 1 aromatic heterocycles. The molecule has 0 aliphatic heterocycles. The number of nitrogens with zero attached hydrogens (tertiary/aromatic N) is 1. The van der Waals surface area contributed by atoms with Crippen LogP contribution < -0.4 is 10.9 Å². The fraction of sp³-hybridized carbons (Fsp3) is 0.429. The van der Waals surface area contributed by atoms with Crippen LogP contribution in [0.5, 0.6) is 0 Å². The van der Waals surface area contributed by atoms with Crippen molar-refractivity contribution >= 4 is 11.6 Å². The van der Waals surface area contributed by atoms with Crippen molar-refractivity contribution in [3.63, 3.8) is 0 Å². The second kappa shape index (κ2) is 5.67. The van der Waals surface area contributed by atoms with Crippen LogP contribution in [-0.4, -0.2) is 10.5 Å². The SMILES string of the molecule is CCn1cc(NC(=O)C[C@H]2C=CCC2)ccc1=O. The Hall–Kier alpha value is -1.84. The first kappa shape index (κ1) is 12.6. The summed E-state index contributed by atoms with van der Waals surface area (Å²) in [5, 5.41) is 2.84. The van der Waals surface area contributed by atoms with Crippen LogP contribution in [0.4, 0.5) is 5.69 Å². The minimum atomic E-state index is -0.0470. The van der Waals surface area contributed by atoms with E-state index in [1.54, 1.807) is 16.8 Å². The predicted octanol–water partition coefficient (Wildman–Crippen LogP) is 2.16. The molecule has 4 nitrogen and oxygen atoms in total. The van der Waals surface area contributed by atoms with E-state index in [1.807, 2.05) is 6.92 Å². The minimum absolute atomic E-state index is 0.00727. The van der Waals surface area contributed by atoms with Crippen molar-refractivity contribution in [2.24, 2.45) is 5.92 Å². The summed E-state index contributed by atoms with van der Waals surface area (Å²) in [4.78, 5) is 23.2. The summed E-state index contributed by atoms with van der Waals surface area (Å²) < 4.78 is 1.57. The molecule has 1 aliphatic rings. The van der Waals surface area contributed by atoms with Crippen molar-refractivity contribution < 1.29 is 4.79 Å². The topological polar surface area (TPSA) is 51.1 Å². The van der Waals surface area contributed by atoms with Gasteiger partial charge in [0.25, 0.3) is 5.56 Å². The zero-order valence-electron chi connectivity index (χ0n) is 10.6. The van der Waals surface area contributed by atoms with Crippen LogP contribution >= 0.6 is 0 Å². The fourth-order valence-corrected chi connectivity index (χ4v) is 2.17. The maximum atomic E-state index is 11.8. The summed E-state index contributed by atoms with van der Waals surface area (Å²) in [6, 6.07) is 3.13. The standard InChI is InChI=1S/C14H18N2O2/c1-2-16-10-12(7-8-14(16)18)15-13(17)9-11-5-3-4-6-11/h3,5,7-8,10-11H,2,4,6,9H2,1H3,(H,15,17)/t11-/m0/s1. The molecule has 0 spiro atoms. The third-order valence-corrected chi connectivity index (χ3v) is 3.17. The van der Waals surface area contributed by atoms with Crippen molar-refractivity contribution in [3.8, 4) is 0 Å². The van der Waals surface area contributed by atoms with Crippen LogP contribution in [0.25, 0.3) is 0 Å². The molecule has 2 rings (SSSR count). The van der Waals surface area contributed by atoms with Gasteiger partial charge >= 0.3 is 0 Å². The summed E-state index contributed by atoms with van der Waals surface area (Å²) in [7, 11) is 0. The first-order valence-corrected chi connectivity index (χ1v) is 6.36. The molecular weight excluding hydrogens is 228 g/mol. The summed E-state index contributed by atoms with van der Waals surface area (Å²) in [5.41, 5.74) is 0.637. The Morgan fingerprint density at radius 1 is 1.50 bits per heavy atom. The zero-order valence-corrected chi connectivity index (χ0v) is 10.6. The molecule has 1 N–H and O–H groups in total. The van der Waals surface area contributed by atoms with E-state index in [0.29, 0.717) is 24.6 Å². The number of carbonyl (C=O) groups is 1. The van der Waals surface area contributed by atoms with Crippen molar-refractivity contribution in [1.82, 2.24) is 4.57 Å². The number of hydrogen-bond donors (Lipinski definition) is 1. The number of anilines is 1. The van der Waals surface area contributed by atoms with E-state index >= 15 is 0 Å². The lowest BCUT2D eigenvalue weighted by atomic mass is 10.1. The molecule has 0 aromatic carbocycles. The highest BCUT2D eigenvalue weighted by Gasteiger charge is 2.14. The molecule has 96 valence electrons. The van der Waals surface area contributed by atoms with Gasteiger partial charge in [-0.2, -0.15) is 0 Å². The van der Waals surface area contributed by atoms with Gasteiger partial charge < -0.3 is 9.88 Å². The molecule has 1 atom stereocenters. The lowest BCUT2D eigenvalue weighted by molar-refractivity contribution is -0.116. The van der Waals surface area contributed by atoms with Crippen LogP contribution in [0.1, 0.15) is 26.2 Å². The van der Waals surface area contributed by atoms with E-state index in [4.69, 9.17) is 0 Å². The number of aromatic nitrogens is 1. The van der Waals surface area contributed by atoms with E-state index < -0.39 is 0 Å². The van der Waals surface area contributed by atoms with Gasteiger partial charge in [0.2, 0.25) is 5.91 Å². The highest BCUT2D eigenvalue weighted by atomic mass is 16.1. The number of amides is 1. The number of hydrogen-bond acceptors (Lipinski definition) is 2. The van der Waals surface area contributed by atoms with Crippen LogP contribution in [0.3, 0.4) is 0 Å². The molecule has 1 amide bonds. The molecule has 0 bridgehead atoms. The fourth-order valence-electron chi connectivity index (χ4n) is 2.17. The monoisotopic (exact) mass is 246 g/mol. The molecule has 0 saturated carbocycles. The Balaban J connectivity index is 1.98. The zero-order chi connectivity index (χ0) is 13.0. The van der Waals surface area contributed by atoms with Crippen LogP contribution in [-0.2, 0) is 11.3 Å². The molecule has 4 heteroatoms. The molecular formula is C14H18N2O2. The molecule has 1 aromatic rings. The number of allylic oxidation sites excluding steroid dienone is 2. The smallest absolute Gasteiger partial charge is 0.250 e. The molecule has 0 fully saturated rings. The van der Waals surface area contributed by atoms with Crippen molar-refractivity contribution in [2.45, 2.75) is 32.7 Å². The van der Waals surface area contributed by atoms with E-state index in [1.165, 1.54) is 6.07 Å². The highest BCUT2D eigenvalue weighted by molar-refractivity contribution is 5.90. The van der Waals surface area contributed by atoms with Crippen molar-refractivity contribution in [1.29, 1.82) is 0 Å². The highest BCUT2D eigenvalue weighted by Crippen LogP contribution is 2.20. The Bertz CT molecular complexity index is 517. The maximum Gasteiger partial charge on any atom is 0.250 e. The lowest BCUT2D eigenvalue weighted by Gasteiger charge is -2.10. The summed E-state index contributed by atoms with van der Waals surface area (Å²) in [6.45, 7) is 2.50. The normalized spacial score (nSPS) is 17.9. The quantitative estimate of drug-likeness (QED) is 0.828. The summed E-state index contributed by atoms with van der Waals surface area (Å²) in [6.07, 6.45) is 8.55. The van der Waals surface area contributed by atoms with Gasteiger partial charge in [0.05, 0.1) is 5.69 Å². The van der Waals surface area contributed by atoms with E-state index in [-0.39, 0.29) is 11.5 Å². The Morgan fingerprint density at radius 3 is 3.00 bits per heavy atom. The lowest BCUT2D eigenvalue weighted by Crippen LogP contribution is -2.20. The number of nitrogens with one attached hydrogen (secondary N) is 1. The average Bonchev–Trinajstić information content (AvgIpc) is 2.84. The Kier molecular flexibility index (Phi) is 3.97. The van der Waals surface area contributed by atoms with Gasteiger partial charge in [-0.05, 0) is 31.7 Å². The molecule has 0 saturated heterocycles. The predicted molar refractivity (Wildman–Crippen MR) is 71.5 cm³/mol. The van der Waals surface area contributed by atoms with Gasteiger partial charge in [-0.3, -0.25) is 9.59 Å². The third-order valence-electron chi connectivity index (χ3n) is 3.17. The first-order chi connectivity index (χ1) is 8.69. The molecule has 1 heterocycles. The Labute approximate surface area is 106 Å². The van der Waals surface area contributed by atoms with E-state index in [2.05, 4.69) is 17.5 Å². The minimum Gasteiger partial charge on any atom is -0.325 e. The number of pyridine rings is 1. The number of aryl methyl sites for hydroxylation is 1. The van der Waals surface area contributed by atoms with Crippen LogP contribution in [0.2, 0.25) is 0 Å². The van der Waals surface area contributed by atoms with Gasteiger partial charge in [0.1, 0.15) is 0 Å². The van der Waals surface area contributed by atoms with Gasteiger partial charge in [0, 0.05) is 25.2 Å². The number of carbonyl (C=O) groups excluding carboxylic acids is 1. The van der Waals surface area contributed by atoms with Gasteiger partial charge in [-0.15, -0.1) is 0 Å². The maximum absolute atomic E-state index is 11.8. The second-order valence-corrected chi connectivity index (χ2v) is 4.56. The molecule has 18 heavy (non-hydrogen) atoms. The Morgan fingerprint density at radius 2 is 2.33 bits per heavy atom. The van der Waals surface area contributed by atoms with E-state index in [0.717, 1.165) is 12.8 Å². The van der Waals surface area contributed by atoms with Gasteiger partial charge in [-0.1, -0.05) is 12.2 Å². The van der Waals surface area contributed by atoms with Gasteiger partial charge in [-0.25, -0.2) is 0 Å².